The van der Waals surface area contributed by atoms with Gasteiger partial charge in [0.25, 0.3) is 0 Å². The number of carbonyl (C=O) groups is 1. The van der Waals surface area contributed by atoms with Crippen LogP contribution in [0.3, 0.4) is 0 Å². The van der Waals surface area contributed by atoms with E-state index in [1.807, 2.05) is 12.2 Å². The Hall–Kier alpha value is -1.50. The van der Waals surface area contributed by atoms with Crippen LogP contribution in [0.4, 0.5) is 0 Å². The molecule has 6 heteroatoms. The van der Waals surface area contributed by atoms with Crippen molar-refractivity contribution in [2.75, 3.05) is 26.7 Å². The Morgan fingerprint density at radius 3 is 2.60 bits per heavy atom. The smallest absolute Gasteiger partial charge is 0.347 e. The van der Waals surface area contributed by atoms with E-state index in [0.717, 1.165) is 24.6 Å². The van der Waals surface area contributed by atoms with Crippen LogP contribution in [0.15, 0.2) is 25.3 Å². The molecular formula is C14H20N2O3S. The monoisotopic (exact) mass is 296 g/mol. The van der Waals surface area contributed by atoms with Crippen LogP contribution in [-0.2, 0) is 17.8 Å². The first-order valence-electron chi connectivity index (χ1n) is 6.27. The lowest BCUT2D eigenvalue weighted by Gasteiger charge is -2.17. The van der Waals surface area contributed by atoms with Gasteiger partial charge in [0.1, 0.15) is 4.88 Å². The van der Waals surface area contributed by atoms with Gasteiger partial charge in [0, 0.05) is 33.2 Å². The standard InChI is InChI=1S/C14H20N2O3S/c1-4-7-16(8-5-2)9-6-12-15-11(10-19-3)13(20-12)14(17)18/h4-5H,1-2,6-10H2,3H3,(H,17,18). The summed E-state index contributed by atoms with van der Waals surface area (Å²) in [5.41, 5.74) is 0.499. The minimum Gasteiger partial charge on any atom is -0.477 e. The molecule has 1 heterocycles. The SMILES string of the molecule is C=CCN(CC=C)CCc1nc(COC)c(C(=O)O)s1. The molecule has 1 aromatic heterocycles. The molecule has 0 bridgehead atoms. The zero-order chi connectivity index (χ0) is 15.0. The van der Waals surface area contributed by atoms with Crippen LogP contribution in [-0.4, -0.2) is 47.7 Å². The lowest BCUT2D eigenvalue weighted by atomic mass is 10.3. The molecule has 1 rings (SSSR count). The van der Waals surface area contributed by atoms with Gasteiger partial charge in [0.15, 0.2) is 0 Å². The zero-order valence-corrected chi connectivity index (χ0v) is 12.5. The van der Waals surface area contributed by atoms with E-state index in [4.69, 9.17) is 9.84 Å². The van der Waals surface area contributed by atoms with Crippen molar-refractivity contribution in [1.29, 1.82) is 0 Å². The molecule has 1 aromatic rings. The maximum Gasteiger partial charge on any atom is 0.347 e. The van der Waals surface area contributed by atoms with Crippen molar-refractivity contribution in [2.45, 2.75) is 13.0 Å². The topological polar surface area (TPSA) is 62.7 Å². The Balaban J connectivity index is 2.71. The predicted molar refractivity (Wildman–Crippen MR) is 80.3 cm³/mol. The number of ether oxygens (including phenoxy) is 1. The fourth-order valence-electron chi connectivity index (χ4n) is 1.79. The third-order valence-electron chi connectivity index (χ3n) is 2.63. The first-order chi connectivity index (χ1) is 9.62. The second kappa shape index (κ2) is 8.63. The average Bonchev–Trinajstić information content (AvgIpc) is 2.80. The maximum atomic E-state index is 11.1. The van der Waals surface area contributed by atoms with Gasteiger partial charge in [-0.3, -0.25) is 4.90 Å². The molecule has 0 spiro atoms. The highest BCUT2D eigenvalue weighted by atomic mass is 32.1. The van der Waals surface area contributed by atoms with Crippen LogP contribution in [0.1, 0.15) is 20.4 Å². The van der Waals surface area contributed by atoms with Crippen LogP contribution in [0.2, 0.25) is 0 Å². The fourth-order valence-corrected chi connectivity index (χ4v) is 2.68. The molecule has 0 aliphatic rings. The minimum absolute atomic E-state index is 0.223. The summed E-state index contributed by atoms with van der Waals surface area (Å²) >= 11 is 1.22. The van der Waals surface area contributed by atoms with Gasteiger partial charge in [-0.1, -0.05) is 12.2 Å². The highest BCUT2D eigenvalue weighted by Crippen LogP contribution is 2.20. The van der Waals surface area contributed by atoms with E-state index in [9.17, 15) is 4.79 Å². The van der Waals surface area contributed by atoms with E-state index in [-0.39, 0.29) is 11.5 Å². The molecule has 0 aliphatic carbocycles. The third-order valence-corrected chi connectivity index (χ3v) is 3.78. The second-order valence-corrected chi connectivity index (χ2v) is 5.29. The lowest BCUT2D eigenvalue weighted by Crippen LogP contribution is -2.26. The van der Waals surface area contributed by atoms with Gasteiger partial charge in [0.2, 0.25) is 0 Å². The number of rotatable bonds is 10. The van der Waals surface area contributed by atoms with Gasteiger partial charge < -0.3 is 9.84 Å². The molecule has 0 aromatic carbocycles. The van der Waals surface area contributed by atoms with Crippen molar-refractivity contribution in [1.82, 2.24) is 9.88 Å². The quantitative estimate of drug-likeness (QED) is 0.671. The summed E-state index contributed by atoms with van der Waals surface area (Å²) in [7, 11) is 1.53. The molecular weight excluding hydrogens is 276 g/mol. The number of methoxy groups -OCH3 is 1. The van der Waals surface area contributed by atoms with Crippen LogP contribution < -0.4 is 0 Å². The Morgan fingerprint density at radius 1 is 1.45 bits per heavy atom. The van der Waals surface area contributed by atoms with Crippen LogP contribution in [0, 0.1) is 0 Å². The Morgan fingerprint density at radius 2 is 2.10 bits per heavy atom. The van der Waals surface area contributed by atoms with Gasteiger partial charge in [-0.25, -0.2) is 9.78 Å². The number of aromatic carboxylic acids is 1. The number of carboxylic acid groups (broad SMARTS) is 1. The van der Waals surface area contributed by atoms with Gasteiger partial charge in [0.05, 0.1) is 17.3 Å². The number of hydrogen-bond donors (Lipinski definition) is 1. The van der Waals surface area contributed by atoms with Crippen molar-refractivity contribution in [3.63, 3.8) is 0 Å². The molecule has 0 saturated carbocycles. The summed E-state index contributed by atoms with van der Waals surface area (Å²) in [6, 6.07) is 0. The second-order valence-electron chi connectivity index (χ2n) is 4.21. The lowest BCUT2D eigenvalue weighted by molar-refractivity contribution is 0.0697. The first kappa shape index (κ1) is 16.6. The highest BCUT2D eigenvalue weighted by molar-refractivity contribution is 7.13. The van der Waals surface area contributed by atoms with E-state index < -0.39 is 5.97 Å². The van der Waals surface area contributed by atoms with E-state index in [0.29, 0.717) is 12.1 Å². The molecule has 0 fully saturated rings. The molecule has 0 unspecified atom stereocenters. The van der Waals surface area contributed by atoms with Crippen LogP contribution >= 0.6 is 11.3 Å². The number of aromatic nitrogens is 1. The van der Waals surface area contributed by atoms with Gasteiger partial charge in [-0.2, -0.15) is 0 Å². The van der Waals surface area contributed by atoms with Crippen LogP contribution in [0.25, 0.3) is 0 Å². The molecule has 0 atom stereocenters. The largest absolute Gasteiger partial charge is 0.477 e. The molecule has 110 valence electrons. The average molecular weight is 296 g/mol. The summed E-state index contributed by atoms with van der Waals surface area (Å²) in [5.74, 6) is -0.949. The van der Waals surface area contributed by atoms with Gasteiger partial charge >= 0.3 is 5.97 Å². The number of thiazole rings is 1. The van der Waals surface area contributed by atoms with E-state index in [1.54, 1.807) is 0 Å². The summed E-state index contributed by atoms with van der Waals surface area (Å²) in [6.45, 7) is 10.00. The van der Waals surface area contributed by atoms with Crippen molar-refractivity contribution in [3.05, 3.63) is 40.9 Å². The van der Waals surface area contributed by atoms with Crippen molar-refractivity contribution < 1.29 is 14.6 Å². The van der Waals surface area contributed by atoms with Crippen LogP contribution in [0.5, 0.6) is 0 Å². The van der Waals surface area contributed by atoms with E-state index >= 15 is 0 Å². The van der Waals surface area contributed by atoms with Crippen molar-refractivity contribution >= 4 is 17.3 Å². The molecule has 20 heavy (non-hydrogen) atoms. The number of nitrogens with zero attached hydrogens (tertiary/aromatic N) is 2. The Kier molecular flexibility index (Phi) is 7.14. The Bertz CT molecular complexity index is 461. The molecule has 0 saturated heterocycles. The highest BCUT2D eigenvalue weighted by Gasteiger charge is 2.17. The van der Waals surface area contributed by atoms with Crippen molar-refractivity contribution in [2.24, 2.45) is 0 Å². The minimum atomic E-state index is -0.949. The fraction of sp³-hybridized carbons (Fsp3) is 0.429. The van der Waals surface area contributed by atoms with Gasteiger partial charge in [-0.05, 0) is 0 Å². The third kappa shape index (κ3) is 4.88. The predicted octanol–water partition coefficient (Wildman–Crippen LogP) is 2.20. The zero-order valence-electron chi connectivity index (χ0n) is 11.7. The molecule has 1 N–H and O–H groups in total. The number of carboxylic acids is 1. The number of hydrogen-bond acceptors (Lipinski definition) is 5. The van der Waals surface area contributed by atoms with Crippen molar-refractivity contribution in [3.8, 4) is 0 Å². The van der Waals surface area contributed by atoms with Gasteiger partial charge in [-0.15, -0.1) is 24.5 Å². The van der Waals surface area contributed by atoms with E-state index in [2.05, 4.69) is 23.0 Å². The molecule has 0 aliphatic heterocycles. The summed E-state index contributed by atoms with van der Waals surface area (Å²) in [4.78, 5) is 17.9. The first-order valence-corrected chi connectivity index (χ1v) is 7.09. The molecule has 0 amide bonds. The summed E-state index contributed by atoms with van der Waals surface area (Å²) in [6.07, 6.45) is 4.38. The normalized spacial score (nSPS) is 10.7. The molecule has 5 nitrogen and oxygen atoms in total. The maximum absolute atomic E-state index is 11.1. The Labute approximate surface area is 123 Å². The molecule has 0 radical (unpaired) electrons. The summed E-state index contributed by atoms with van der Waals surface area (Å²) < 4.78 is 4.98. The van der Waals surface area contributed by atoms with E-state index in [1.165, 1.54) is 18.4 Å². The summed E-state index contributed by atoms with van der Waals surface area (Å²) in [5, 5.41) is 9.94.